The fourth-order valence-electron chi connectivity index (χ4n) is 2.20. The second-order valence-corrected chi connectivity index (χ2v) is 7.04. The molecule has 18 heavy (non-hydrogen) atoms. The van der Waals surface area contributed by atoms with E-state index in [4.69, 9.17) is 0 Å². The van der Waals surface area contributed by atoms with Gasteiger partial charge in [0.25, 0.3) is 0 Å². The van der Waals surface area contributed by atoms with Crippen LogP contribution in [0.5, 0.6) is 0 Å². The molecule has 0 aliphatic carbocycles. The van der Waals surface area contributed by atoms with Crippen LogP contribution in [0.4, 0.5) is 0 Å². The summed E-state index contributed by atoms with van der Waals surface area (Å²) in [5.41, 5.74) is 0.247. The minimum Gasteiger partial charge on any atom is -0.313 e. The number of rotatable bonds is 8. The normalized spacial score (nSPS) is 15.6. The molecule has 0 spiro atoms. The molecule has 0 bridgehead atoms. The molecule has 0 aliphatic rings. The molecule has 1 aromatic heterocycles. The Morgan fingerprint density at radius 2 is 2.00 bits per heavy atom. The average molecular weight is 267 g/mol. The summed E-state index contributed by atoms with van der Waals surface area (Å²) in [7, 11) is 0. The van der Waals surface area contributed by atoms with Crippen LogP contribution in [0.3, 0.4) is 0 Å². The van der Waals surface area contributed by atoms with Gasteiger partial charge in [-0.1, -0.05) is 47.1 Å². The molecule has 0 saturated heterocycles. The van der Waals surface area contributed by atoms with E-state index in [1.165, 1.54) is 24.1 Å². The van der Waals surface area contributed by atoms with Crippen molar-refractivity contribution in [2.45, 2.75) is 65.3 Å². The molecule has 0 aliphatic heterocycles. The van der Waals surface area contributed by atoms with Gasteiger partial charge in [-0.05, 0) is 30.2 Å². The second kappa shape index (κ2) is 7.30. The summed E-state index contributed by atoms with van der Waals surface area (Å²) in [6.07, 6.45) is 3.81. The van der Waals surface area contributed by atoms with E-state index >= 15 is 0 Å². The van der Waals surface area contributed by atoms with Crippen LogP contribution in [-0.2, 0) is 5.41 Å². The maximum absolute atomic E-state index is 3.77. The van der Waals surface area contributed by atoms with E-state index < -0.39 is 0 Å². The number of hydrogen-bond donors (Lipinski definition) is 1. The molecule has 0 radical (unpaired) electrons. The molecule has 2 unspecified atom stereocenters. The minimum atomic E-state index is 0.247. The molecule has 1 rings (SSSR count). The van der Waals surface area contributed by atoms with E-state index in [0.29, 0.717) is 6.04 Å². The fraction of sp³-hybridized carbons (Fsp3) is 0.750. The van der Waals surface area contributed by atoms with Gasteiger partial charge in [-0.2, -0.15) is 0 Å². The van der Waals surface area contributed by atoms with Crippen LogP contribution in [0.15, 0.2) is 17.5 Å². The van der Waals surface area contributed by atoms with E-state index in [2.05, 4.69) is 57.4 Å². The first-order valence-electron chi connectivity index (χ1n) is 7.27. The lowest BCUT2D eigenvalue weighted by molar-refractivity contribution is 0.353. The van der Waals surface area contributed by atoms with Gasteiger partial charge in [0.1, 0.15) is 0 Å². The lowest BCUT2D eigenvalue weighted by Gasteiger charge is -2.28. The monoisotopic (exact) mass is 267 g/mol. The first-order chi connectivity index (χ1) is 8.49. The van der Waals surface area contributed by atoms with E-state index in [9.17, 15) is 0 Å². The molecule has 0 aromatic carbocycles. The Morgan fingerprint density at radius 1 is 1.28 bits per heavy atom. The zero-order chi connectivity index (χ0) is 13.6. The Kier molecular flexibility index (Phi) is 6.37. The molecule has 0 saturated carbocycles. The number of thiophene rings is 1. The van der Waals surface area contributed by atoms with Crippen molar-refractivity contribution in [2.75, 3.05) is 6.54 Å². The molecule has 0 amide bonds. The third kappa shape index (κ3) is 4.74. The molecular formula is C16H29NS. The molecule has 1 N–H and O–H groups in total. The van der Waals surface area contributed by atoms with Gasteiger partial charge >= 0.3 is 0 Å². The van der Waals surface area contributed by atoms with Crippen LogP contribution in [0.2, 0.25) is 0 Å². The summed E-state index contributed by atoms with van der Waals surface area (Å²) >= 11 is 1.87. The van der Waals surface area contributed by atoms with Gasteiger partial charge in [0.15, 0.2) is 0 Å². The Bertz CT molecular complexity index is 316. The standard InChI is InChI=1S/C16H29NS/c1-6-13(3)11-14(7-2)17-12-16(4,5)15-9-8-10-18-15/h8-10,13-14,17H,6-7,11-12H2,1-5H3. The summed E-state index contributed by atoms with van der Waals surface area (Å²) in [5.74, 6) is 0.826. The van der Waals surface area contributed by atoms with Gasteiger partial charge in [-0.15, -0.1) is 11.3 Å². The summed E-state index contributed by atoms with van der Waals surface area (Å²) in [4.78, 5) is 1.48. The van der Waals surface area contributed by atoms with E-state index in [1.807, 2.05) is 11.3 Å². The summed E-state index contributed by atoms with van der Waals surface area (Å²) in [6, 6.07) is 5.07. The summed E-state index contributed by atoms with van der Waals surface area (Å²) in [6.45, 7) is 12.7. The van der Waals surface area contributed by atoms with Crippen molar-refractivity contribution in [1.82, 2.24) is 5.32 Å². The number of nitrogens with one attached hydrogen (secondary N) is 1. The SMILES string of the molecule is CCC(C)CC(CC)NCC(C)(C)c1cccs1. The van der Waals surface area contributed by atoms with E-state index in [1.54, 1.807) is 0 Å². The summed E-state index contributed by atoms with van der Waals surface area (Å²) in [5, 5.41) is 5.94. The van der Waals surface area contributed by atoms with Crippen LogP contribution in [0, 0.1) is 5.92 Å². The van der Waals surface area contributed by atoms with Gasteiger partial charge in [0.05, 0.1) is 0 Å². The van der Waals surface area contributed by atoms with Gasteiger partial charge in [-0.3, -0.25) is 0 Å². The topological polar surface area (TPSA) is 12.0 Å². The largest absolute Gasteiger partial charge is 0.313 e. The Labute approximate surface area is 117 Å². The maximum atomic E-state index is 3.77. The van der Waals surface area contributed by atoms with Crippen molar-refractivity contribution in [3.8, 4) is 0 Å². The molecule has 1 heterocycles. The van der Waals surface area contributed by atoms with Crippen molar-refractivity contribution in [1.29, 1.82) is 0 Å². The van der Waals surface area contributed by atoms with E-state index in [-0.39, 0.29) is 5.41 Å². The van der Waals surface area contributed by atoms with Crippen LogP contribution in [0.1, 0.15) is 58.8 Å². The van der Waals surface area contributed by atoms with E-state index in [0.717, 1.165) is 12.5 Å². The van der Waals surface area contributed by atoms with Crippen molar-refractivity contribution >= 4 is 11.3 Å². The predicted molar refractivity (Wildman–Crippen MR) is 83.5 cm³/mol. The zero-order valence-electron chi connectivity index (χ0n) is 12.6. The van der Waals surface area contributed by atoms with Crippen LogP contribution < -0.4 is 5.32 Å². The number of hydrogen-bond acceptors (Lipinski definition) is 2. The minimum absolute atomic E-state index is 0.247. The van der Waals surface area contributed by atoms with Crippen LogP contribution >= 0.6 is 11.3 Å². The predicted octanol–water partition coefficient (Wildman–Crippen LogP) is 4.83. The van der Waals surface area contributed by atoms with Crippen molar-refractivity contribution < 1.29 is 0 Å². The summed E-state index contributed by atoms with van der Waals surface area (Å²) < 4.78 is 0. The average Bonchev–Trinajstić information content (AvgIpc) is 2.88. The van der Waals surface area contributed by atoms with Gasteiger partial charge in [0.2, 0.25) is 0 Å². The van der Waals surface area contributed by atoms with Crippen LogP contribution in [0.25, 0.3) is 0 Å². The molecule has 1 nitrogen and oxygen atoms in total. The Balaban J connectivity index is 2.47. The van der Waals surface area contributed by atoms with Crippen molar-refractivity contribution in [2.24, 2.45) is 5.92 Å². The van der Waals surface area contributed by atoms with Crippen molar-refractivity contribution in [3.05, 3.63) is 22.4 Å². The molecule has 0 fully saturated rings. The quantitative estimate of drug-likeness (QED) is 0.711. The lowest BCUT2D eigenvalue weighted by Crippen LogP contribution is -2.39. The Hall–Kier alpha value is -0.340. The van der Waals surface area contributed by atoms with Crippen molar-refractivity contribution in [3.63, 3.8) is 0 Å². The molecule has 2 atom stereocenters. The fourth-order valence-corrected chi connectivity index (χ4v) is 3.05. The smallest absolute Gasteiger partial charge is 0.0115 e. The highest BCUT2D eigenvalue weighted by atomic mass is 32.1. The second-order valence-electron chi connectivity index (χ2n) is 6.10. The molecule has 104 valence electrons. The Morgan fingerprint density at radius 3 is 2.50 bits per heavy atom. The molecular weight excluding hydrogens is 238 g/mol. The third-order valence-corrected chi connectivity index (χ3v) is 5.13. The lowest BCUT2D eigenvalue weighted by atomic mass is 9.90. The highest BCUT2D eigenvalue weighted by Crippen LogP contribution is 2.27. The first-order valence-corrected chi connectivity index (χ1v) is 8.15. The molecule has 2 heteroatoms. The zero-order valence-corrected chi connectivity index (χ0v) is 13.4. The van der Waals surface area contributed by atoms with Gasteiger partial charge in [0, 0.05) is 22.9 Å². The highest BCUT2D eigenvalue weighted by Gasteiger charge is 2.22. The third-order valence-electron chi connectivity index (χ3n) is 3.90. The van der Waals surface area contributed by atoms with Crippen LogP contribution in [-0.4, -0.2) is 12.6 Å². The van der Waals surface area contributed by atoms with Gasteiger partial charge < -0.3 is 5.32 Å². The molecule has 1 aromatic rings. The first kappa shape index (κ1) is 15.7. The highest BCUT2D eigenvalue weighted by molar-refractivity contribution is 7.10. The van der Waals surface area contributed by atoms with Gasteiger partial charge in [-0.25, -0.2) is 0 Å². The maximum Gasteiger partial charge on any atom is 0.0115 e.